The Hall–Kier alpha value is -3.79. The molecule has 2 aliphatic rings. The molecule has 190 valence electrons. The second-order valence-corrected chi connectivity index (χ2v) is 8.99. The van der Waals surface area contributed by atoms with E-state index in [0.29, 0.717) is 56.2 Å². The molecule has 3 amide bonds. The van der Waals surface area contributed by atoms with E-state index in [2.05, 4.69) is 10.6 Å². The van der Waals surface area contributed by atoms with E-state index in [1.165, 1.54) is 17.9 Å². The lowest BCUT2D eigenvalue weighted by Gasteiger charge is -2.39. The number of nitrogens with one attached hydrogen (secondary N) is 2. The second-order valence-electron chi connectivity index (χ2n) is 8.99. The number of piperazine rings is 2. The maximum atomic E-state index is 14.1. The maximum absolute atomic E-state index is 14.1. The number of nitrogens with zero attached hydrogens (tertiary/aromatic N) is 3. The highest BCUT2D eigenvalue weighted by atomic mass is 19.1. The molecule has 2 aliphatic heterocycles. The Morgan fingerprint density at radius 2 is 1.69 bits per heavy atom. The first kappa shape index (κ1) is 25.3. The van der Waals surface area contributed by atoms with Gasteiger partial charge in [-0.2, -0.15) is 0 Å². The normalized spacial score (nSPS) is 18.5. The van der Waals surface area contributed by atoms with Crippen LogP contribution in [-0.2, 0) is 14.4 Å². The van der Waals surface area contributed by atoms with E-state index in [-0.39, 0.29) is 36.4 Å². The van der Waals surface area contributed by atoms with E-state index in [1.807, 2.05) is 9.80 Å². The van der Waals surface area contributed by atoms with Gasteiger partial charge in [-0.1, -0.05) is 12.1 Å². The van der Waals surface area contributed by atoms with E-state index < -0.39 is 11.9 Å². The van der Waals surface area contributed by atoms with Crippen LogP contribution in [0.4, 0.5) is 15.8 Å². The van der Waals surface area contributed by atoms with Gasteiger partial charge in [0.15, 0.2) is 5.78 Å². The van der Waals surface area contributed by atoms with Crippen molar-refractivity contribution in [1.29, 1.82) is 0 Å². The molecule has 9 nitrogen and oxygen atoms in total. The lowest BCUT2D eigenvalue weighted by molar-refractivity contribution is -0.145. The van der Waals surface area contributed by atoms with Gasteiger partial charge >= 0.3 is 0 Å². The molecule has 36 heavy (non-hydrogen) atoms. The second kappa shape index (κ2) is 11.3. The fourth-order valence-electron chi connectivity index (χ4n) is 4.53. The standard InChI is InChI=1S/C26H30FN5O4/c1-18(33)19-6-8-20(9-7-19)29-24(34)16-23-26(36)28-10-11-32(23)25(35)17-30-12-14-31(15-13-30)22-5-3-2-4-21(22)27/h2-9,23H,10-17H2,1H3,(H,28,36)(H,29,34)/t23-/m0/s1. The van der Waals surface area contributed by atoms with Gasteiger partial charge in [-0.05, 0) is 43.3 Å². The molecule has 0 unspecified atom stereocenters. The van der Waals surface area contributed by atoms with Crippen LogP contribution < -0.4 is 15.5 Å². The van der Waals surface area contributed by atoms with Crippen molar-refractivity contribution >= 4 is 34.9 Å². The molecule has 10 heteroatoms. The predicted octanol–water partition coefficient (Wildman–Crippen LogP) is 1.51. The highest BCUT2D eigenvalue weighted by molar-refractivity contribution is 5.98. The zero-order valence-corrected chi connectivity index (χ0v) is 20.2. The molecule has 0 aliphatic carbocycles. The van der Waals surface area contributed by atoms with E-state index in [0.717, 1.165) is 0 Å². The minimum absolute atomic E-state index is 0.0745. The van der Waals surface area contributed by atoms with E-state index in [4.69, 9.17) is 0 Å². The minimum atomic E-state index is -0.901. The molecule has 0 aromatic heterocycles. The van der Waals surface area contributed by atoms with Crippen molar-refractivity contribution in [1.82, 2.24) is 15.1 Å². The van der Waals surface area contributed by atoms with Crippen LogP contribution in [0.15, 0.2) is 48.5 Å². The summed E-state index contributed by atoms with van der Waals surface area (Å²) in [6.45, 7) is 4.59. The van der Waals surface area contributed by atoms with Gasteiger partial charge < -0.3 is 20.4 Å². The van der Waals surface area contributed by atoms with Gasteiger partial charge in [0, 0.05) is 50.5 Å². The summed E-state index contributed by atoms with van der Waals surface area (Å²) in [5.41, 5.74) is 1.59. The number of halogens is 1. The summed E-state index contributed by atoms with van der Waals surface area (Å²) >= 11 is 0. The number of carbonyl (C=O) groups is 4. The molecule has 2 aromatic carbocycles. The lowest BCUT2D eigenvalue weighted by atomic mass is 10.1. The highest BCUT2D eigenvalue weighted by Gasteiger charge is 2.35. The van der Waals surface area contributed by atoms with Gasteiger partial charge in [-0.25, -0.2) is 4.39 Å². The van der Waals surface area contributed by atoms with Crippen LogP contribution in [0.5, 0.6) is 0 Å². The average Bonchev–Trinajstić information content (AvgIpc) is 2.86. The Bertz CT molecular complexity index is 1130. The predicted molar refractivity (Wildman–Crippen MR) is 133 cm³/mol. The number of hydrogen-bond donors (Lipinski definition) is 2. The van der Waals surface area contributed by atoms with Crippen molar-refractivity contribution in [3.05, 3.63) is 59.9 Å². The third-order valence-corrected chi connectivity index (χ3v) is 6.53. The maximum Gasteiger partial charge on any atom is 0.243 e. The van der Waals surface area contributed by atoms with Gasteiger partial charge in [0.2, 0.25) is 17.7 Å². The fourth-order valence-corrected chi connectivity index (χ4v) is 4.53. The largest absolute Gasteiger partial charge is 0.367 e. The van der Waals surface area contributed by atoms with Crippen LogP contribution in [0.3, 0.4) is 0 Å². The third kappa shape index (κ3) is 6.06. The molecule has 1 atom stereocenters. The Morgan fingerprint density at radius 3 is 2.36 bits per heavy atom. The number of Topliss-reactive ketones (excluding diaryl/α,β-unsaturated/α-hetero) is 1. The number of para-hydroxylation sites is 1. The molecule has 0 saturated carbocycles. The summed E-state index contributed by atoms with van der Waals surface area (Å²) in [5.74, 6) is -1.32. The zero-order valence-electron chi connectivity index (χ0n) is 20.2. The Labute approximate surface area is 209 Å². The molecule has 4 rings (SSSR count). The van der Waals surface area contributed by atoms with E-state index in [9.17, 15) is 23.6 Å². The molecule has 2 heterocycles. The van der Waals surface area contributed by atoms with Crippen LogP contribution in [-0.4, -0.2) is 85.2 Å². The Balaban J connectivity index is 1.32. The van der Waals surface area contributed by atoms with Crippen LogP contribution in [0.2, 0.25) is 0 Å². The molecular formula is C26H30FN5O4. The number of ketones is 1. The average molecular weight is 496 g/mol. The summed E-state index contributed by atoms with van der Waals surface area (Å²) in [5, 5.41) is 5.46. The quantitative estimate of drug-likeness (QED) is 0.565. The number of anilines is 2. The molecular weight excluding hydrogens is 465 g/mol. The van der Waals surface area contributed by atoms with Crippen molar-refractivity contribution in [2.24, 2.45) is 0 Å². The first-order valence-electron chi connectivity index (χ1n) is 12.0. The summed E-state index contributed by atoms with van der Waals surface area (Å²) in [6, 6.07) is 12.2. The molecule has 2 aromatic rings. The Kier molecular flexibility index (Phi) is 7.94. The van der Waals surface area contributed by atoms with Gasteiger partial charge in [0.05, 0.1) is 18.7 Å². The van der Waals surface area contributed by atoms with Crippen LogP contribution in [0.25, 0.3) is 0 Å². The molecule has 0 radical (unpaired) electrons. The summed E-state index contributed by atoms with van der Waals surface area (Å²) in [4.78, 5) is 55.2. The number of carbonyl (C=O) groups excluding carboxylic acids is 4. The molecule has 0 spiro atoms. The smallest absolute Gasteiger partial charge is 0.243 e. The fraction of sp³-hybridized carbons (Fsp3) is 0.385. The van der Waals surface area contributed by atoms with E-state index >= 15 is 0 Å². The number of rotatable bonds is 7. The molecule has 2 fully saturated rings. The lowest BCUT2D eigenvalue weighted by Crippen LogP contribution is -2.60. The van der Waals surface area contributed by atoms with Gasteiger partial charge in [-0.3, -0.25) is 24.1 Å². The molecule has 2 N–H and O–H groups in total. The van der Waals surface area contributed by atoms with Crippen LogP contribution in [0, 0.1) is 5.82 Å². The summed E-state index contributed by atoms with van der Waals surface area (Å²) < 4.78 is 14.1. The number of benzene rings is 2. The summed E-state index contributed by atoms with van der Waals surface area (Å²) in [6.07, 6.45) is -0.174. The van der Waals surface area contributed by atoms with Crippen molar-refractivity contribution < 1.29 is 23.6 Å². The first-order valence-corrected chi connectivity index (χ1v) is 12.0. The van der Waals surface area contributed by atoms with Crippen molar-refractivity contribution in [2.75, 3.05) is 56.0 Å². The molecule has 0 bridgehead atoms. The van der Waals surface area contributed by atoms with Crippen molar-refractivity contribution in [3.63, 3.8) is 0 Å². The van der Waals surface area contributed by atoms with Crippen LogP contribution >= 0.6 is 0 Å². The van der Waals surface area contributed by atoms with E-state index in [1.54, 1.807) is 42.5 Å². The van der Waals surface area contributed by atoms with Crippen molar-refractivity contribution in [2.45, 2.75) is 19.4 Å². The summed E-state index contributed by atoms with van der Waals surface area (Å²) in [7, 11) is 0. The number of hydrogen-bond acceptors (Lipinski definition) is 6. The monoisotopic (exact) mass is 495 g/mol. The van der Waals surface area contributed by atoms with Crippen LogP contribution in [0.1, 0.15) is 23.7 Å². The minimum Gasteiger partial charge on any atom is -0.367 e. The highest BCUT2D eigenvalue weighted by Crippen LogP contribution is 2.20. The van der Waals surface area contributed by atoms with Crippen molar-refractivity contribution in [3.8, 4) is 0 Å². The number of amides is 3. The third-order valence-electron chi connectivity index (χ3n) is 6.53. The van der Waals surface area contributed by atoms with Gasteiger partial charge in [-0.15, -0.1) is 0 Å². The van der Waals surface area contributed by atoms with Gasteiger partial charge in [0.1, 0.15) is 11.9 Å². The Morgan fingerprint density at radius 1 is 1.00 bits per heavy atom. The van der Waals surface area contributed by atoms with Gasteiger partial charge in [0.25, 0.3) is 0 Å². The SMILES string of the molecule is CC(=O)c1ccc(NC(=O)C[C@H]2C(=O)NCCN2C(=O)CN2CCN(c3ccccc3F)CC2)cc1. The first-order chi connectivity index (χ1) is 17.3. The topological polar surface area (TPSA) is 102 Å². The molecule has 2 saturated heterocycles. The zero-order chi connectivity index (χ0) is 25.7.